The zero-order valence-corrected chi connectivity index (χ0v) is 20.4. The maximum absolute atomic E-state index is 14.5. The topological polar surface area (TPSA) is 85.2 Å². The molecule has 2 aromatic carbocycles. The molecule has 6 nitrogen and oxygen atoms in total. The summed E-state index contributed by atoms with van der Waals surface area (Å²) < 4.78 is 5.95. The van der Waals surface area contributed by atoms with Gasteiger partial charge in [0, 0.05) is 11.1 Å². The lowest BCUT2D eigenvalue weighted by molar-refractivity contribution is -0.153. The maximum atomic E-state index is 14.5. The molecule has 3 spiro atoms. The molecule has 184 valence electrons. The van der Waals surface area contributed by atoms with Crippen LogP contribution in [0, 0.1) is 10.8 Å². The largest absolute Gasteiger partial charge is 0.405 e. The van der Waals surface area contributed by atoms with Crippen LogP contribution in [-0.4, -0.2) is 34.8 Å². The first kappa shape index (κ1) is 23.0. The number of carbonyl (C=O) groups is 3. The van der Waals surface area contributed by atoms with Crippen LogP contribution < -0.4 is 0 Å². The SMILES string of the molecule is O=C(N=C1C(=O)C2(CCCCC2)[C@]2(N=C(c3ccccc3)OC2=O)C12CCCCC2)c1ccccc1. The number of Topliss-reactive ketones (excluding diaryl/α,β-unsaturated/α-hetero) is 1. The molecular formula is C30H30N2O4. The van der Waals surface area contributed by atoms with Gasteiger partial charge in [-0.05, 0) is 49.9 Å². The van der Waals surface area contributed by atoms with Crippen molar-refractivity contribution in [3.05, 3.63) is 71.8 Å². The third kappa shape index (κ3) is 3.06. The lowest BCUT2D eigenvalue weighted by atomic mass is 9.54. The highest BCUT2D eigenvalue weighted by Gasteiger charge is 2.80. The summed E-state index contributed by atoms with van der Waals surface area (Å²) in [6.07, 6.45) is 7.74. The van der Waals surface area contributed by atoms with Gasteiger partial charge in [-0.25, -0.2) is 14.8 Å². The number of hydrogen-bond acceptors (Lipinski definition) is 5. The van der Waals surface area contributed by atoms with Crippen LogP contribution in [0.3, 0.4) is 0 Å². The molecule has 0 radical (unpaired) electrons. The van der Waals surface area contributed by atoms with Crippen LogP contribution >= 0.6 is 0 Å². The number of fused-ring (bicyclic) bond motifs is 2. The molecule has 0 aromatic heterocycles. The number of benzene rings is 2. The Bertz CT molecular complexity index is 1270. The summed E-state index contributed by atoms with van der Waals surface area (Å²) >= 11 is 0. The number of ether oxygens (including phenoxy) is 1. The monoisotopic (exact) mass is 482 g/mol. The van der Waals surface area contributed by atoms with Crippen molar-refractivity contribution in [3.63, 3.8) is 0 Å². The Balaban J connectivity index is 1.60. The zero-order chi connectivity index (χ0) is 24.8. The van der Waals surface area contributed by atoms with E-state index in [9.17, 15) is 14.4 Å². The number of aliphatic imine (C=N–C) groups is 2. The standard InChI is InChI=1S/C30H30N2O4/c33-24-23(31-25(34)21-13-5-1-6-14-21)28(17-9-3-10-18-28)30(29(24)19-11-4-12-20-29)27(35)36-26(32-30)22-15-7-2-8-16-22/h1-2,5-8,13-16H,3-4,9-12,17-20H2/t30-/m1/s1. The number of esters is 1. The van der Waals surface area contributed by atoms with Gasteiger partial charge in [0.25, 0.3) is 5.91 Å². The molecule has 0 bridgehead atoms. The Labute approximate surface area is 210 Å². The highest BCUT2D eigenvalue weighted by atomic mass is 16.6. The van der Waals surface area contributed by atoms with Crippen LogP contribution in [0.15, 0.2) is 70.6 Å². The average Bonchev–Trinajstić information content (AvgIpc) is 3.37. The molecule has 3 aliphatic carbocycles. The van der Waals surface area contributed by atoms with Crippen molar-refractivity contribution in [2.45, 2.75) is 69.7 Å². The molecule has 3 saturated carbocycles. The van der Waals surface area contributed by atoms with Gasteiger partial charge in [0.15, 0.2) is 11.3 Å². The van der Waals surface area contributed by atoms with Gasteiger partial charge in [-0.1, -0.05) is 74.9 Å². The second-order valence-electron chi connectivity index (χ2n) is 10.6. The fraction of sp³-hybridized carbons (Fsp3) is 0.433. The Morgan fingerprint density at radius 2 is 1.31 bits per heavy atom. The lowest BCUT2D eigenvalue weighted by Crippen LogP contribution is -2.59. The minimum absolute atomic E-state index is 0.164. The first-order chi connectivity index (χ1) is 17.5. The summed E-state index contributed by atoms with van der Waals surface area (Å²) in [5, 5.41) is 0. The quantitative estimate of drug-likeness (QED) is 0.530. The van der Waals surface area contributed by atoms with E-state index in [4.69, 9.17) is 9.73 Å². The second-order valence-corrected chi connectivity index (χ2v) is 10.6. The molecule has 2 aromatic rings. The first-order valence-electron chi connectivity index (χ1n) is 13.2. The van der Waals surface area contributed by atoms with Crippen LogP contribution in [-0.2, 0) is 14.3 Å². The normalized spacial score (nSPS) is 27.6. The predicted octanol–water partition coefficient (Wildman–Crippen LogP) is 5.49. The molecular weight excluding hydrogens is 452 g/mol. The second kappa shape index (κ2) is 8.61. The first-order valence-corrected chi connectivity index (χ1v) is 13.2. The summed E-state index contributed by atoms with van der Waals surface area (Å²) in [7, 11) is 0. The maximum Gasteiger partial charge on any atom is 0.342 e. The number of ketones is 1. The summed E-state index contributed by atoms with van der Waals surface area (Å²) in [5.74, 6) is -0.774. The van der Waals surface area contributed by atoms with Crippen molar-refractivity contribution in [1.29, 1.82) is 0 Å². The highest BCUT2D eigenvalue weighted by molar-refractivity contribution is 6.50. The van der Waals surface area contributed by atoms with Gasteiger partial charge in [0.1, 0.15) is 0 Å². The summed E-state index contributed by atoms with van der Waals surface area (Å²) in [4.78, 5) is 51.7. The highest BCUT2D eigenvalue weighted by Crippen LogP contribution is 2.67. The molecule has 0 saturated heterocycles. The third-order valence-electron chi connectivity index (χ3n) is 8.91. The minimum atomic E-state index is -1.38. The predicted molar refractivity (Wildman–Crippen MR) is 136 cm³/mol. The van der Waals surface area contributed by atoms with Crippen molar-refractivity contribution < 1.29 is 19.1 Å². The van der Waals surface area contributed by atoms with E-state index in [0.717, 1.165) is 44.1 Å². The van der Waals surface area contributed by atoms with Crippen molar-refractivity contribution in [2.75, 3.05) is 0 Å². The average molecular weight is 483 g/mol. The molecule has 36 heavy (non-hydrogen) atoms. The molecule has 0 unspecified atom stereocenters. The fourth-order valence-corrected chi connectivity index (χ4v) is 7.33. The van der Waals surface area contributed by atoms with E-state index >= 15 is 0 Å². The van der Waals surface area contributed by atoms with Crippen LogP contribution in [0.1, 0.15) is 80.1 Å². The number of amides is 1. The van der Waals surface area contributed by atoms with E-state index in [2.05, 4.69) is 4.99 Å². The van der Waals surface area contributed by atoms with E-state index in [1.807, 2.05) is 36.4 Å². The van der Waals surface area contributed by atoms with Crippen LogP contribution in [0.4, 0.5) is 0 Å². The molecule has 4 aliphatic rings. The third-order valence-corrected chi connectivity index (χ3v) is 8.91. The smallest absolute Gasteiger partial charge is 0.342 e. The van der Waals surface area contributed by atoms with Crippen LogP contribution in [0.2, 0.25) is 0 Å². The van der Waals surface area contributed by atoms with Crippen molar-refractivity contribution in [2.24, 2.45) is 20.8 Å². The molecule has 1 aliphatic heterocycles. The molecule has 6 rings (SSSR count). The number of carbonyl (C=O) groups excluding carboxylic acids is 3. The van der Waals surface area contributed by atoms with Gasteiger partial charge < -0.3 is 4.74 Å². The fourth-order valence-electron chi connectivity index (χ4n) is 7.33. The summed E-state index contributed by atoms with van der Waals surface area (Å²) in [6.45, 7) is 0. The van der Waals surface area contributed by atoms with Gasteiger partial charge in [-0.2, -0.15) is 0 Å². The minimum Gasteiger partial charge on any atom is -0.405 e. The van der Waals surface area contributed by atoms with Gasteiger partial charge >= 0.3 is 5.97 Å². The Morgan fingerprint density at radius 3 is 1.92 bits per heavy atom. The molecule has 0 N–H and O–H groups in total. The number of cyclic esters (lactones) is 1. The van der Waals surface area contributed by atoms with Crippen LogP contribution in [0.5, 0.6) is 0 Å². The van der Waals surface area contributed by atoms with Gasteiger partial charge in [0.2, 0.25) is 5.90 Å². The van der Waals surface area contributed by atoms with Crippen molar-refractivity contribution >= 4 is 29.3 Å². The molecule has 3 fully saturated rings. The van der Waals surface area contributed by atoms with E-state index in [1.54, 1.807) is 24.3 Å². The number of rotatable bonds is 2. The molecule has 1 amide bonds. The van der Waals surface area contributed by atoms with Crippen molar-refractivity contribution in [3.8, 4) is 0 Å². The Morgan fingerprint density at radius 1 is 0.750 bits per heavy atom. The van der Waals surface area contributed by atoms with Gasteiger partial charge in [-0.15, -0.1) is 0 Å². The van der Waals surface area contributed by atoms with Gasteiger partial charge in [0.05, 0.1) is 16.5 Å². The number of hydrogen-bond donors (Lipinski definition) is 0. The van der Waals surface area contributed by atoms with Crippen molar-refractivity contribution in [1.82, 2.24) is 0 Å². The van der Waals surface area contributed by atoms with E-state index in [1.165, 1.54) is 0 Å². The van der Waals surface area contributed by atoms with E-state index in [0.29, 0.717) is 31.2 Å². The Hall–Kier alpha value is -3.41. The summed E-state index contributed by atoms with van der Waals surface area (Å²) in [6, 6.07) is 18.2. The lowest BCUT2D eigenvalue weighted by Gasteiger charge is -2.48. The zero-order valence-electron chi connectivity index (χ0n) is 20.4. The van der Waals surface area contributed by atoms with Crippen LogP contribution in [0.25, 0.3) is 0 Å². The molecule has 1 atom stereocenters. The Kier molecular flexibility index (Phi) is 5.51. The van der Waals surface area contributed by atoms with Gasteiger partial charge in [-0.3, -0.25) is 9.59 Å². The molecule has 6 heteroatoms. The molecule has 1 heterocycles. The van der Waals surface area contributed by atoms with E-state index < -0.39 is 28.2 Å². The number of nitrogens with zero attached hydrogens (tertiary/aromatic N) is 2. The summed E-state index contributed by atoms with van der Waals surface area (Å²) in [5.41, 5.74) is -1.92. The van der Waals surface area contributed by atoms with E-state index in [-0.39, 0.29) is 17.4 Å².